The third-order valence-electron chi connectivity index (χ3n) is 4.35. The van der Waals surface area contributed by atoms with E-state index in [-0.39, 0.29) is 20.0 Å². The van der Waals surface area contributed by atoms with Crippen LogP contribution in [0.15, 0.2) is 42.5 Å². The summed E-state index contributed by atoms with van der Waals surface area (Å²) in [5, 5.41) is 10.4. The first-order valence-corrected chi connectivity index (χ1v) is 9.11. The Morgan fingerprint density at radius 1 is 1.14 bits per heavy atom. The predicted molar refractivity (Wildman–Crippen MR) is 105 cm³/mol. The zero-order valence-corrected chi connectivity index (χ0v) is 16.0. The van der Waals surface area contributed by atoms with Crippen molar-refractivity contribution in [2.75, 3.05) is 33.7 Å². The smallest absolute Gasteiger partial charge is 0.231 e. The number of methoxy groups -OCH3 is 1. The van der Waals surface area contributed by atoms with E-state index < -0.39 is 6.10 Å². The average Bonchev–Trinajstić information content (AvgIpc) is 3.16. The number of ether oxygens (including phenoxy) is 4. The minimum Gasteiger partial charge on any atom is -0.497 e. The van der Waals surface area contributed by atoms with E-state index in [1.807, 2.05) is 42.5 Å². The van der Waals surface area contributed by atoms with Gasteiger partial charge in [0.15, 0.2) is 11.5 Å². The van der Waals surface area contributed by atoms with Gasteiger partial charge in [-0.25, -0.2) is 0 Å². The van der Waals surface area contributed by atoms with Crippen LogP contribution in [0.3, 0.4) is 0 Å². The standard InChI is InChI=1S/C22H25NO5/c1-3-9-26-15-19(24)14-23(12-17-5-4-6-20(10-17)25-2)13-18-7-8-21-22(11-18)28-16-27-21/h1,4-8,10-11,19,24H,9,12-16H2,2H3. The van der Waals surface area contributed by atoms with E-state index in [1.165, 1.54) is 0 Å². The number of nitrogens with zero attached hydrogens (tertiary/aromatic N) is 1. The number of benzene rings is 2. The van der Waals surface area contributed by atoms with Crippen molar-refractivity contribution in [1.82, 2.24) is 4.90 Å². The van der Waals surface area contributed by atoms with Gasteiger partial charge in [0.1, 0.15) is 12.4 Å². The number of hydrogen-bond donors (Lipinski definition) is 1. The molecular weight excluding hydrogens is 358 g/mol. The molecule has 148 valence electrons. The maximum absolute atomic E-state index is 10.4. The third kappa shape index (κ3) is 5.64. The minimum atomic E-state index is -0.645. The average molecular weight is 383 g/mol. The predicted octanol–water partition coefficient (Wildman–Crippen LogP) is 2.44. The van der Waals surface area contributed by atoms with E-state index in [2.05, 4.69) is 10.8 Å². The van der Waals surface area contributed by atoms with Crippen LogP contribution in [0.2, 0.25) is 0 Å². The Balaban J connectivity index is 1.70. The number of terminal acetylenes is 1. The molecule has 0 aromatic heterocycles. The molecule has 0 radical (unpaired) electrons. The molecule has 2 aromatic rings. The van der Waals surface area contributed by atoms with Crippen molar-refractivity contribution in [2.45, 2.75) is 19.2 Å². The fourth-order valence-electron chi connectivity index (χ4n) is 3.12. The Bertz CT molecular complexity index is 817. The molecule has 0 saturated carbocycles. The monoisotopic (exact) mass is 383 g/mol. The number of rotatable bonds is 10. The second-order valence-electron chi connectivity index (χ2n) is 6.58. The molecule has 6 heteroatoms. The van der Waals surface area contributed by atoms with Gasteiger partial charge in [-0.05, 0) is 35.4 Å². The SMILES string of the molecule is C#CCOCC(O)CN(Cc1cccc(OC)c1)Cc1ccc2c(c1)OCO2. The lowest BCUT2D eigenvalue weighted by atomic mass is 10.1. The van der Waals surface area contributed by atoms with Crippen LogP contribution in [0.1, 0.15) is 11.1 Å². The van der Waals surface area contributed by atoms with Crippen LogP contribution >= 0.6 is 0 Å². The maximum atomic E-state index is 10.4. The Labute approximate surface area is 165 Å². The highest BCUT2D eigenvalue weighted by molar-refractivity contribution is 5.44. The molecule has 6 nitrogen and oxygen atoms in total. The van der Waals surface area contributed by atoms with Gasteiger partial charge in [-0.1, -0.05) is 24.1 Å². The van der Waals surface area contributed by atoms with Gasteiger partial charge in [-0.3, -0.25) is 4.90 Å². The lowest BCUT2D eigenvalue weighted by molar-refractivity contribution is 0.0243. The lowest BCUT2D eigenvalue weighted by Gasteiger charge is -2.25. The van der Waals surface area contributed by atoms with Crippen LogP contribution in [0, 0.1) is 12.3 Å². The van der Waals surface area contributed by atoms with Gasteiger partial charge in [0.25, 0.3) is 0 Å². The topological polar surface area (TPSA) is 60.4 Å². The largest absolute Gasteiger partial charge is 0.497 e. The number of aliphatic hydroxyl groups excluding tert-OH is 1. The summed E-state index contributed by atoms with van der Waals surface area (Å²) in [6.45, 7) is 2.36. The summed E-state index contributed by atoms with van der Waals surface area (Å²) in [5.74, 6) is 4.71. The molecule has 2 aromatic carbocycles. The number of aliphatic hydroxyl groups is 1. The second kappa shape index (κ2) is 10.00. The van der Waals surface area contributed by atoms with Gasteiger partial charge in [0, 0.05) is 19.6 Å². The zero-order valence-electron chi connectivity index (χ0n) is 16.0. The van der Waals surface area contributed by atoms with E-state index in [4.69, 9.17) is 25.4 Å². The maximum Gasteiger partial charge on any atom is 0.231 e. The van der Waals surface area contributed by atoms with E-state index >= 15 is 0 Å². The van der Waals surface area contributed by atoms with Gasteiger partial charge in [0.05, 0.1) is 19.8 Å². The summed E-state index contributed by atoms with van der Waals surface area (Å²) in [6.07, 6.45) is 4.55. The van der Waals surface area contributed by atoms with Crippen LogP contribution in [-0.4, -0.2) is 49.8 Å². The van der Waals surface area contributed by atoms with E-state index in [0.29, 0.717) is 19.6 Å². The Kier molecular flexibility index (Phi) is 7.15. The van der Waals surface area contributed by atoms with Crippen LogP contribution < -0.4 is 14.2 Å². The summed E-state index contributed by atoms with van der Waals surface area (Å²) < 4.78 is 21.4. The summed E-state index contributed by atoms with van der Waals surface area (Å²) in [4.78, 5) is 2.15. The summed E-state index contributed by atoms with van der Waals surface area (Å²) in [6, 6.07) is 13.8. The Morgan fingerprint density at radius 3 is 2.71 bits per heavy atom. The van der Waals surface area contributed by atoms with Gasteiger partial charge in [0.2, 0.25) is 6.79 Å². The first-order chi connectivity index (χ1) is 13.7. The molecule has 1 heterocycles. The van der Waals surface area contributed by atoms with E-state index in [0.717, 1.165) is 28.4 Å². The quantitative estimate of drug-likeness (QED) is 0.502. The minimum absolute atomic E-state index is 0.190. The highest BCUT2D eigenvalue weighted by Crippen LogP contribution is 2.33. The van der Waals surface area contributed by atoms with Crippen molar-refractivity contribution >= 4 is 0 Å². The third-order valence-corrected chi connectivity index (χ3v) is 4.35. The molecule has 0 fully saturated rings. The fourth-order valence-corrected chi connectivity index (χ4v) is 3.12. The molecule has 1 atom stereocenters. The molecule has 0 spiro atoms. The fraction of sp³-hybridized carbons (Fsp3) is 0.364. The number of hydrogen-bond acceptors (Lipinski definition) is 6. The van der Waals surface area contributed by atoms with Gasteiger partial charge >= 0.3 is 0 Å². The molecular formula is C22H25NO5. The molecule has 1 aliphatic heterocycles. The molecule has 0 amide bonds. The van der Waals surface area contributed by atoms with Crippen LogP contribution in [0.5, 0.6) is 17.2 Å². The van der Waals surface area contributed by atoms with Gasteiger partial charge in [-0.2, -0.15) is 0 Å². The van der Waals surface area contributed by atoms with Crippen molar-refractivity contribution in [3.63, 3.8) is 0 Å². The van der Waals surface area contributed by atoms with E-state index in [9.17, 15) is 5.11 Å². The highest BCUT2D eigenvalue weighted by Gasteiger charge is 2.17. The van der Waals surface area contributed by atoms with Crippen LogP contribution in [-0.2, 0) is 17.8 Å². The molecule has 1 N–H and O–H groups in total. The molecule has 0 bridgehead atoms. The first kappa shape index (κ1) is 20.0. The number of fused-ring (bicyclic) bond motifs is 1. The summed E-state index contributed by atoms with van der Waals surface area (Å²) in [7, 11) is 1.65. The first-order valence-electron chi connectivity index (χ1n) is 9.11. The molecule has 0 aliphatic carbocycles. The summed E-state index contributed by atoms with van der Waals surface area (Å²) in [5.41, 5.74) is 2.17. The normalized spacial score (nSPS) is 13.4. The molecule has 3 rings (SSSR count). The van der Waals surface area contributed by atoms with Gasteiger partial charge < -0.3 is 24.1 Å². The van der Waals surface area contributed by atoms with Crippen molar-refractivity contribution in [3.8, 4) is 29.6 Å². The van der Waals surface area contributed by atoms with Gasteiger partial charge in [-0.15, -0.1) is 6.42 Å². The van der Waals surface area contributed by atoms with Crippen molar-refractivity contribution in [3.05, 3.63) is 53.6 Å². The Morgan fingerprint density at radius 2 is 1.93 bits per heavy atom. The second-order valence-corrected chi connectivity index (χ2v) is 6.58. The van der Waals surface area contributed by atoms with Crippen LogP contribution in [0.25, 0.3) is 0 Å². The molecule has 1 aliphatic rings. The van der Waals surface area contributed by atoms with Crippen molar-refractivity contribution in [2.24, 2.45) is 0 Å². The molecule has 0 saturated heterocycles. The van der Waals surface area contributed by atoms with Crippen LogP contribution in [0.4, 0.5) is 0 Å². The Hall–Kier alpha value is -2.72. The van der Waals surface area contributed by atoms with E-state index in [1.54, 1.807) is 7.11 Å². The molecule has 1 unspecified atom stereocenters. The van der Waals surface area contributed by atoms with Crippen molar-refractivity contribution in [1.29, 1.82) is 0 Å². The highest BCUT2D eigenvalue weighted by atomic mass is 16.7. The zero-order chi connectivity index (χ0) is 19.8. The van der Waals surface area contributed by atoms with Crippen molar-refractivity contribution < 1.29 is 24.1 Å². The lowest BCUT2D eigenvalue weighted by Crippen LogP contribution is -2.34. The molecule has 28 heavy (non-hydrogen) atoms. The summed E-state index contributed by atoms with van der Waals surface area (Å²) >= 11 is 0.